The number of amides is 1. The number of aromatic carboxylic acids is 1. The van der Waals surface area contributed by atoms with Gasteiger partial charge in [-0.05, 0) is 18.8 Å². The molecule has 1 aromatic rings. The minimum absolute atomic E-state index is 0.0415. The molecule has 1 amide bonds. The van der Waals surface area contributed by atoms with Crippen LogP contribution in [-0.4, -0.2) is 28.0 Å². The number of hydrogen-bond donors (Lipinski definition) is 2. The molecule has 19 heavy (non-hydrogen) atoms. The first-order valence-corrected chi connectivity index (χ1v) is 7.41. The number of nitrogens with zero attached hydrogens (tertiary/aromatic N) is 1. The summed E-state index contributed by atoms with van der Waals surface area (Å²) in [6.45, 7) is 2.18. The molecule has 0 aliphatic heterocycles. The first kappa shape index (κ1) is 14.0. The van der Waals surface area contributed by atoms with Crippen LogP contribution in [0.5, 0.6) is 0 Å². The van der Waals surface area contributed by atoms with Crippen molar-refractivity contribution in [3.8, 4) is 0 Å². The van der Waals surface area contributed by atoms with E-state index in [9.17, 15) is 9.59 Å². The summed E-state index contributed by atoms with van der Waals surface area (Å²) in [5, 5.41) is 11.7. The molecular formula is C13H18N2O3S. The van der Waals surface area contributed by atoms with Crippen molar-refractivity contribution in [3.05, 3.63) is 16.1 Å². The van der Waals surface area contributed by atoms with E-state index < -0.39 is 5.97 Å². The van der Waals surface area contributed by atoms with Crippen molar-refractivity contribution >= 4 is 23.2 Å². The third-order valence-corrected chi connectivity index (χ3v) is 4.59. The van der Waals surface area contributed by atoms with Crippen LogP contribution in [-0.2, 0) is 0 Å². The predicted octanol–water partition coefficient (Wildman–Crippen LogP) is 2.54. The summed E-state index contributed by atoms with van der Waals surface area (Å²) in [5.41, 5.74) is 0. The van der Waals surface area contributed by atoms with E-state index in [1.54, 1.807) is 0 Å². The Kier molecular flexibility index (Phi) is 4.52. The molecule has 5 nitrogen and oxygen atoms in total. The van der Waals surface area contributed by atoms with Crippen molar-refractivity contribution in [2.75, 3.05) is 0 Å². The van der Waals surface area contributed by atoms with Gasteiger partial charge in [-0.1, -0.05) is 26.2 Å². The maximum atomic E-state index is 12.0. The third kappa shape index (κ3) is 3.53. The number of carboxylic acid groups (broad SMARTS) is 1. The third-order valence-electron chi connectivity index (χ3n) is 3.61. The molecular weight excluding hydrogens is 264 g/mol. The Bertz CT molecular complexity index is 472. The number of thiazole rings is 1. The van der Waals surface area contributed by atoms with E-state index in [1.807, 2.05) is 0 Å². The van der Waals surface area contributed by atoms with Crippen LogP contribution in [0.2, 0.25) is 0 Å². The second-order valence-electron chi connectivity index (χ2n) is 4.95. The fraction of sp³-hybridized carbons (Fsp3) is 0.615. The van der Waals surface area contributed by atoms with Gasteiger partial charge in [0.2, 0.25) is 5.01 Å². The number of rotatable bonds is 4. The maximum Gasteiger partial charge on any atom is 0.365 e. The summed E-state index contributed by atoms with van der Waals surface area (Å²) in [7, 11) is 0. The molecule has 1 aromatic heterocycles. The summed E-state index contributed by atoms with van der Waals surface area (Å²) in [5.74, 6) is -0.602. The van der Waals surface area contributed by atoms with Crippen molar-refractivity contribution in [3.63, 3.8) is 0 Å². The number of nitrogens with one attached hydrogen (secondary N) is 1. The van der Waals surface area contributed by atoms with Crippen LogP contribution >= 0.6 is 11.3 Å². The van der Waals surface area contributed by atoms with Gasteiger partial charge < -0.3 is 10.4 Å². The zero-order chi connectivity index (χ0) is 13.8. The van der Waals surface area contributed by atoms with Gasteiger partial charge in [0.1, 0.15) is 4.88 Å². The smallest absolute Gasteiger partial charge is 0.365 e. The van der Waals surface area contributed by atoms with E-state index >= 15 is 0 Å². The van der Waals surface area contributed by atoms with Gasteiger partial charge in [-0.2, -0.15) is 0 Å². The van der Waals surface area contributed by atoms with Crippen molar-refractivity contribution in [2.24, 2.45) is 5.92 Å². The molecule has 1 heterocycles. The minimum atomic E-state index is -1.09. The first-order chi connectivity index (χ1) is 9.10. The molecule has 2 rings (SSSR count). The monoisotopic (exact) mass is 282 g/mol. The Hall–Kier alpha value is -1.43. The van der Waals surface area contributed by atoms with E-state index in [0.717, 1.165) is 37.0 Å². The van der Waals surface area contributed by atoms with Crippen LogP contribution in [0.3, 0.4) is 0 Å². The predicted molar refractivity (Wildman–Crippen MR) is 72.6 cm³/mol. The number of hydrogen-bond acceptors (Lipinski definition) is 4. The second-order valence-corrected chi connectivity index (χ2v) is 5.98. The second kappa shape index (κ2) is 6.14. The van der Waals surface area contributed by atoms with Crippen molar-refractivity contribution in [2.45, 2.75) is 45.1 Å². The number of carboxylic acids is 1. The topological polar surface area (TPSA) is 79.3 Å². The Morgan fingerprint density at radius 2 is 2.32 bits per heavy atom. The quantitative estimate of drug-likeness (QED) is 0.889. The van der Waals surface area contributed by atoms with E-state index in [2.05, 4.69) is 17.2 Å². The molecule has 6 heteroatoms. The van der Waals surface area contributed by atoms with Crippen LogP contribution in [0.25, 0.3) is 0 Å². The highest BCUT2D eigenvalue weighted by atomic mass is 32.1. The van der Waals surface area contributed by atoms with Gasteiger partial charge in [-0.25, -0.2) is 9.78 Å². The summed E-state index contributed by atoms with van der Waals surface area (Å²) >= 11 is 0.922. The minimum Gasteiger partial charge on any atom is -0.476 e. The Labute approximate surface area is 116 Å². The SMILES string of the molecule is CCC1CCCC(NC(=O)c2cnc(C(=O)O)s2)C1. The molecule has 0 aromatic carbocycles. The molecule has 2 unspecified atom stereocenters. The van der Waals surface area contributed by atoms with Crippen molar-refractivity contribution in [1.82, 2.24) is 10.3 Å². The lowest BCUT2D eigenvalue weighted by Gasteiger charge is -2.28. The summed E-state index contributed by atoms with van der Waals surface area (Å²) in [6.07, 6.45) is 6.90. The summed E-state index contributed by atoms with van der Waals surface area (Å²) in [4.78, 5) is 26.8. The zero-order valence-corrected chi connectivity index (χ0v) is 11.7. The molecule has 0 bridgehead atoms. The Balaban J connectivity index is 1.94. The lowest BCUT2D eigenvalue weighted by Crippen LogP contribution is -2.38. The van der Waals surface area contributed by atoms with Crippen LogP contribution < -0.4 is 5.32 Å². The molecule has 1 saturated carbocycles. The van der Waals surface area contributed by atoms with Gasteiger partial charge in [0.05, 0.1) is 6.20 Å². The first-order valence-electron chi connectivity index (χ1n) is 6.60. The Morgan fingerprint density at radius 1 is 1.53 bits per heavy atom. The van der Waals surface area contributed by atoms with Gasteiger partial charge in [0, 0.05) is 6.04 Å². The van der Waals surface area contributed by atoms with Crippen LogP contribution in [0.4, 0.5) is 0 Å². The van der Waals surface area contributed by atoms with E-state index in [4.69, 9.17) is 5.11 Å². The zero-order valence-electron chi connectivity index (χ0n) is 10.9. The highest BCUT2D eigenvalue weighted by Crippen LogP contribution is 2.27. The van der Waals surface area contributed by atoms with E-state index in [1.165, 1.54) is 12.6 Å². The highest BCUT2D eigenvalue weighted by molar-refractivity contribution is 7.15. The van der Waals surface area contributed by atoms with Crippen LogP contribution in [0.1, 0.15) is 58.5 Å². The van der Waals surface area contributed by atoms with Crippen LogP contribution in [0.15, 0.2) is 6.20 Å². The standard InChI is InChI=1S/C13H18N2O3S/c1-2-8-4-3-5-9(6-8)15-11(16)10-7-14-12(19-10)13(17)18/h7-9H,2-6H2,1H3,(H,15,16)(H,17,18). The molecule has 104 valence electrons. The molecule has 1 aliphatic rings. The number of carbonyl (C=O) groups is 2. The number of carbonyl (C=O) groups excluding carboxylic acids is 1. The lowest BCUT2D eigenvalue weighted by atomic mass is 9.84. The normalized spacial score (nSPS) is 23.0. The fourth-order valence-corrected chi connectivity index (χ4v) is 3.19. The largest absolute Gasteiger partial charge is 0.476 e. The average Bonchev–Trinajstić information content (AvgIpc) is 2.89. The van der Waals surface area contributed by atoms with Gasteiger partial charge >= 0.3 is 5.97 Å². The molecule has 0 saturated heterocycles. The van der Waals surface area contributed by atoms with Gasteiger partial charge in [-0.15, -0.1) is 11.3 Å². The molecule has 0 radical (unpaired) electrons. The van der Waals surface area contributed by atoms with Gasteiger partial charge in [0.15, 0.2) is 0 Å². The van der Waals surface area contributed by atoms with Crippen molar-refractivity contribution < 1.29 is 14.7 Å². The molecule has 0 spiro atoms. The van der Waals surface area contributed by atoms with Gasteiger partial charge in [-0.3, -0.25) is 4.79 Å². The van der Waals surface area contributed by atoms with Crippen molar-refractivity contribution in [1.29, 1.82) is 0 Å². The molecule has 2 N–H and O–H groups in total. The molecule has 2 atom stereocenters. The van der Waals surface area contributed by atoms with Gasteiger partial charge in [0.25, 0.3) is 5.91 Å². The number of aromatic nitrogens is 1. The summed E-state index contributed by atoms with van der Waals surface area (Å²) < 4.78 is 0. The molecule has 1 fully saturated rings. The molecule has 1 aliphatic carbocycles. The highest BCUT2D eigenvalue weighted by Gasteiger charge is 2.23. The van der Waals surface area contributed by atoms with E-state index in [-0.39, 0.29) is 17.0 Å². The lowest BCUT2D eigenvalue weighted by molar-refractivity contribution is 0.0696. The summed E-state index contributed by atoms with van der Waals surface area (Å²) in [6, 6.07) is 0.210. The average molecular weight is 282 g/mol. The van der Waals surface area contributed by atoms with E-state index in [0.29, 0.717) is 10.8 Å². The fourth-order valence-electron chi connectivity index (χ4n) is 2.53. The van der Waals surface area contributed by atoms with Crippen LogP contribution in [0, 0.1) is 5.92 Å². The maximum absolute atomic E-state index is 12.0. The Morgan fingerprint density at radius 3 is 2.95 bits per heavy atom.